The highest BCUT2D eigenvalue weighted by atomic mass is 16.6. The summed E-state index contributed by atoms with van der Waals surface area (Å²) in [5.74, 6) is 0.369. The average Bonchev–Trinajstić information content (AvgIpc) is 3.39. The van der Waals surface area contributed by atoms with E-state index in [0.717, 1.165) is 81.2 Å². The van der Waals surface area contributed by atoms with Gasteiger partial charge in [-0.05, 0) is 30.9 Å². The predicted molar refractivity (Wildman–Crippen MR) is 148 cm³/mol. The topological polar surface area (TPSA) is 136 Å². The largest absolute Gasteiger partial charge is 0.490 e. The fourth-order valence-corrected chi connectivity index (χ4v) is 5.55. The normalized spacial score (nSPS) is 16.9. The van der Waals surface area contributed by atoms with Gasteiger partial charge in [-0.2, -0.15) is 5.10 Å². The van der Waals surface area contributed by atoms with Crippen LogP contribution in [-0.2, 0) is 7.05 Å². The Hall–Kier alpha value is -4.19. The molecule has 2 fully saturated rings. The first-order valence-corrected chi connectivity index (χ1v) is 13.2. The number of nitrogens with zero attached hydrogens (tertiary/aromatic N) is 7. The molecule has 0 aliphatic carbocycles. The number of rotatable bonds is 8. The van der Waals surface area contributed by atoms with Gasteiger partial charge in [0.05, 0.1) is 30.1 Å². The average molecular weight is 535 g/mol. The van der Waals surface area contributed by atoms with Gasteiger partial charge < -0.3 is 20.3 Å². The van der Waals surface area contributed by atoms with Gasteiger partial charge in [-0.15, -0.1) is 0 Å². The van der Waals surface area contributed by atoms with Crippen LogP contribution < -0.4 is 20.3 Å². The monoisotopic (exact) mass is 534 g/mol. The van der Waals surface area contributed by atoms with Crippen molar-refractivity contribution in [2.45, 2.75) is 12.8 Å². The molecule has 3 aromatic rings. The van der Waals surface area contributed by atoms with Crippen molar-refractivity contribution in [2.24, 2.45) is 18.7 Å². The van der Waals surface area contributed by atoms with Crippen molar-refractivity contribution in [3.63, 3.8) is 0 Å². The van der Waals surface area contributed by atoms with Crippen LogP contribution >= 0.6 is 0 Å². The molecule has 0 atom stereocenters. The molecule has 0 unspecified atom stereocenters. The number of amides is 1. The summed E-state index contributed by atoms with van der Waals surface area (Å²) >= 11 is 0. The van der Waals surface area contributed by atoms with Gasteiger partial charge in [-0.3, -0.25) is 24.5 Å². The van der Waals surface area contributed by atoms with Crippen LogP contribution in [0.4, 0.5) is 17.1 Å². The molecule has 2 aliphatic heterocycles. The molecular formula is C27H34N8O4. The fourth-order valence-electron chi connectivity index (χ4n) is 5.55. The summed E-state index contributed by atoms with van der Waals surface area (Å²) in [4.78, 5) is 33.9. The van der Waals surface area contributed by atoms with Gasteiger partial charge in [0.25, 0.3) is 5.91 Å². The number of hydrogen-bond acceptors (Lipinski definition) is 9. The highest BCUT2D eigenvalue weighted by molar-refractivity contribution is 5.90. The van der Waals surface area contributed by atoms with Crippen molar-refractivity contribution in [1.29, 1.82) is 0 Å². The number of carbonyl (C=O) groups is 1. The van der Waals surface area contributed by atoms with Crippen molar-refractivity contribution >= 4 is 23.0 Å². The number of nitrogens with two attached hydrogens (primary N) is 1. The van der Waals surface area contributed by atoms with E-state index in [-0.39, 0.29) is 17.1 Å². The molecule has 2 aliphatic rings. The van der Waals surface area contributed by atoms with Crippen LogP contribution in [-0.4, -0.2) is 83.4 Å². The molecule has 1 amide bonds. The van der Waals surface area contributed by atoms with Gasteiger partial charge in [-0.1, -0.05) is 0 Å². The number of piperazine rings is 1. The molecule has 2 aromatic heterocycles. The smallest absolute Gasteiger partial charge is 0.311 e. The number of pyridine rings is 1. The Balaban J connectivity index is 1.20. The molecule has 206 valence electrons. The molecule has 39 heavy (non-hydrogen) atoms. The molecule has 5 rings (SSSR count). The lowest BCUT2D eigenvalue weighted by Crippen LogP contribution is -2.49. The second-order valence-corrected chi connectivity index (χ2v) is 10.2. The van der Waals surface area contributed by atoms with Crippen LogP contribution in [0.3, 0.4) is 0 Å². The highest BCUT2D eigenvalue weighted by Crippen LogP contribution is 2.40. The zero-order valence-corrected chi connectivity index (χ0v) is 22.3. The number of piperidine rings is 1. The molecule has 4 heterocycles. The van der Waals surface area contributed by atoms with Crippen LogP contribution in [0.25, 0.3) is 11.1 Å². The van der Waals surface area contributed by atoms with Gasteiger partial charge in [0.15, 0.2) is 5.75 Å². The number of carbonyl (C=O) groups excluding carboxylic acids is 1. The van der Waals surface area contributed by atoms with Crippen LogP contribution in [0.5, 0.6) is 5.75 Å². The van der Waals surface area contributed by atoms with Gasteiger partial charge >= 0.3 is 5.69 Å². The Morgan fingerprint density at radius 1 is 1.10 bits per heavy atom. The van der Waals surface area contributed by atoms with Crippen molar-refractivity contribution < 1.29 is 14.5 Å². The molecule has 0 radical (unpaired) electrons. The Bertz CT molecular complexity index is 1330. The number of nitro benzene ring substituents is 1. The van der Waals surface area contributed by atoms with Gasteiger partial charge in [0, 0.05) is 88.0 Å². The van der Waals surface area contributed by atoms with E-state index in [2.05, 4.69) is 24.8 Å². The van der Waals surface area contributed by atoms with Crippen molar-refractivity contribution in [2.75, 3.05) is 62.7 Å². The second kappa shape index (κ2) is 11.3. The van der Waals surface area contributed by atoms with Gasteiger partial charge in [0.2, 0.25) is 0 Å². The zero-order valence-electron chi connectivity index (χ0n) is 22.3. The second-order valence-electron chi connectivity index (χ2n) is 10.2. The van der Waals surface area contributed by atoms with E-state index < -0.39 is 10.8 Å². The van der Waals surface area contributed by atoms with Gasteiger partial charge in [-0.25, -0.2) is 4.98 Å². The van der Waals surface area contributed by atoms with E-state index in [0.29, 0.717) is 5.92 Å². The first-order valence-electron chi connectivity index (χ1n) is 13.2. The highest BCUT2D eigenvalue weighted by Gasteiger charge is 2.28. The van der Waals surface area contributed by atoms with E-state index in [1.807, 2.05) is 19.3 Å². The third-order valence-corrected chi connectivity index (χ3v) is 7.72. The molecule has 2 N–H and O–H groups in total. The third kappa shape index (κ3) is 5.80. The summed E-state index contributed by atoms with van der Waals surface area (Å²) in [7, 11) is 3.30. The lowest BCUT2D eigenvalue weighted by atomic mass is 9.95. The molecule has 0 spiro atoms. The maximum absolute atomic E-state index is 11.7. The first-order chi connectivity index (χ1) is 18.8. The van der Waals surface area contributed by atoms with Gasteiger partial charge in [0.1, 0.15) is 5.69 Å². The summed E-state index contributed by atoms with van der Waals surface area (Å²) in [5, 5.41) is 16.0. The lowest BCUT2D eigenvalue weighted by Gasteiger charge is -2.40. The number of aromatic nitrogens is 3. The van der Waals surface area contributed by atoms with Crippen LogP contribution in [0.15, 0.2) is 42.9 Å². The molecular weight excluding hydrogens is 500 g/mol. The number of hydrogen-bond donors (Lipinski definition) is 1. The number of anilines is 2. The number of methoxy groups -OCH3 is 1. The molecule has 2 saturated heterocycles. The van der Waals surface area contributed by atoms with E-state index >= 15 is 0 Å². The molecule has 12 heteroatoms. The number of aryl methyl sites for hydroxylation is 1. The fraction of sp³-hybridized carbons (Fsp3) is 0.444. The SMILES string of the molecule is COc1cc(N2CCN(CC3CCN(c4ccc(C(N)=O)nc4)CC3)CC2)c(-c2cnn(C)c2)cc1[N+](=O)[O-]. The van der Waals surface area contributed by atoms with Crippen LogP contribution in [0.2, 0.25) is 0 Å². The minimum Gasteiger partial charge on any atom is -0.490 e. The molecule has 1 aromatic carbocycles. The van der Waals surface area contributed by atoms with Crippen molar-refractivity contribution in [3.05, 3.63) is 58.7 Å². The van der Waals surface area contributed by atoms with Crippen LogP contribution in [0.1, 0.15) is 23.3 Å². The third-order valence-electron chi connectivity index (χ3n) is 7.72. The van der Waals surface area contributed by atoms with E-state index in [1.54, 1.807) is 35.3 Å². The number of primary amides is 1. The standard InChI is InChI=1S/C27H34N8O4/c1-31-18-20(15-30-31)22-13-25(35(37)38)26(39-2)14-24(22)34-11-9-32(10-12-34)17-19-5-7-33(8-6-19)21-3-4-23(27(28)36)29-16-21/h3-4,13-16,18-19H,5-12,17H2,1-2H3,(H2,28,36). The number of nitro groups is 1. The Labute approximate surface area is 227 Å². The predicted octanol–water partition coefficient (Wildman–Crippen LogP) is 2.54. The quantitative estimate of drug-likeness (QED) is 0.341. The van der Waals surface area contributed by atoms with Crippen LogP contribution in [0, 0.1) is 16.0 Å². The van der Waals surface area contributed by atoms with Crippen molar-refractivity contribution in [1.82, 2.24) is 19.7 Å². The molecule has 0 saturated carbocycles. The Morgan fingerprint density at radius 3 is 2.41 bits per heavy atom. The van der Waals surface area contributed by atoms with Crippen molar-refractivity contribution in [3.8, 4) is 16.9 Å². The zero-order chi connectivity index (χ0) is 27.5. The summed E-state index contributed by atoms with van der Waals surface area (Å²) in [6.07, 6.45) is 7.54. The summed E-state index contributed by atoms with van der Waals surface area (Å²) in [6.45, 7) is 6.46. The number of benzene rings is 1. The number of ether oxygens (including phenoxy) is 1. The molecule has 0 bridgehead atoms. The minimum absolute atomic E-state index is 0.0512. The Kier molecular flexibility index (Phi) is 7.64. The van der Waals surface area contributed by atoms with E-state index in [1.165, 1.54) is 7.11 Å². The maximum atomic E-state index is 11.7. The molecule has 12 nitrogen and oxygen atoms in total. The summed E-state index contributed by atoms with van der Waals surface area (Å²) < 4.78 is 7.08. The summed E-state index contributed by atoms with van der Waals surface area (Å²) in [5.41, 5.74) is 9.11. The van der Waals surface area contributed by atoms with E-state index in [4.69, 9.17) is 10.5 Å². The Morgan fingerprint density at radius 2 is 1.85 bits per heavy atom. The van der Waals surface area contributed by atoms with E-state index in [9.17, 15) is 14.9 Å². The minimum atomic E-state index is -0.513. The summed E-state index contributed by atoms with van der Waals surface area (Å²) in [6, 6.07) is 6.99. The maximum Gasteiger partial charge on any atom is 0.311 e. The first kappa shape index (κ1) is 26.4. The lowest BCUT2D eigenvalue weighted by molar-refractivity contribution is -0.385.